The lowest BCUT2D eigenvalue weighted by Crippen LogP contribution is -2.44. The lowest BCUT2D eigenvalue weighted by molar-refractivity contribution is -0.384. The van der Waals surface area contributed by atoms with E-state index in [1.165, 1.54) is 12.1 Å². The van der Waals surface area contributed by atoms with Crippen molar-refractivity contribution in [1.29, 1.82) is 0 Å². The van der Waals surface area contributed by atoms with E-state index in [0.717, 1.165) is 13.1 Å². The molecule has 0 saturated carbocycles. The van der Waals surface area contributed by atoms with Crippen LogP contribution in [0, 0.1) is 10.1 Å². The van der Waals surface area contributed by atoms with Crippen LogP contribution in [0.2, 0.25) is 10.0 Å². The molecule has 0 amide bonds. The molecule has 1 saturated heterocycles. The summed E-state index contributed by atoms with van der Waals surface area (Å²) in [6.45, 7) is 2.72. The normalized spacial score (nSPS) is 18.9. The molecule has 6 nitrogen and oxygen atoms in total. The van der Waals surface area contributed by atoms with Crippen molar-refractivity contribution in [2.45, 2.75) is 6.10 Å². The minimum atomic E-state index is -0.464. The Labute approximate surface area is 126 Å². The van der Waals surface area contributed by atoms with Crippen LogP contribution in [0.15, 0.2) is 12.1 Å². The van der Waals surface area contributed by atoms with Crippen molar-refractivity contribution in [1.82, 2.24) is 5.32 Å². The Bertz CT molecular complexity index is 507. The van der Waals surface area contributed by atoms with Crippen molar-refractivity contribution in [3.8, 4) is 0 Å². The van der Waals surface area contributed by atoms with Crippen LogP contribution in [0.25, 0.3) is 0 Å². The summed E-state index contributed by atoms with van der Waals surface area (Å²) in [5, 5.41) is 14.8. The number of nitrogens with one attached hydrogen (secondary N) is 1. The van der Waals surface area contributed by atoms with Gasteiger partial charge >= 0.3 is 0 Å². The highest BCUT2D eigenvalue weighted by Gasteiger charge is 2.23. The van der Waals surface area contributed by atoms with Crippen LogP contribution in [0.4, 0.5) is 11.4 Å². The van der Waals surface area contributed by atoms with Gasteiger partial charge in [0, 0.05) is 32.7 Å². The Hall–Kier alpha value is -1.08. The highest BCUT2D eigenvalue weighted by molar-refractivity contribution is 6.42. The summed E-state index contributed by atoms with van der Waals surface area (Å²) in [6, 6.07) is 2.79. The van der Waals surface area contributed by atoms with Crippen molar-refractivity contribution in [2.24, 2.45) is 0 Å². The molecule has 1 aromatic carbocycles. The van der Waals surface area contributed by atoms with E-state index in [1.807, 2.05) is 0 Å². The lowest BCUT2D eigenvalue weighted by Gasteiger charge is -2.29. The molecule has 0 bridgehead atoms. The number of rotatable bonds is 4. The van der Waals surface area contributed by atoms with E-state index < -0.39 is 4.92 Å². The second kappa shape index (κ2) is 6.58. The fourth-order valence-corrected chi connectivity index (χ4v) is 2.43. The Kier molecular flexibility index (Phi) is 5.04. The zero-order valence-electron chi connectivity index (χ0n) is 10.9. The molecule has 0 radical (unpaired) electrons. The highest BCUT2D eigenvalue weighted by Crippen LogP contribution is 2.35. The Morgan fingerprint density at radius 3 is 2.80 bits per heavy atom. The molecule has 1 unspecified atom stereocenters. The van der Waals surface area contributed by atoms with Crippen LogP contribution in [-0.2, 0) is 4.74 Å². The van der Waals surface area contributed by atoms with E-state index in [1.54, 1.807) is 11.9 Å². The molecule has 1 heterocycles. The first kappa shape index (κ1) is 15.3. The third-order valence-corrected chi connectivity index (χ3v) is 3.83. The third-order valence-electron chi connectivity index (χ3n) is 3.11. The highest BCUT2D eigenvalue weighted by atomic mass is 35.5. The van der Waals surface area contributed by atoms with Gasteiger partial charge in [0.2, 0.25) is 0 Å². The quantitative estimate of drug-likeness (QED) is 0.681. The molecule has 1 N–H and O–H groups in total. The number of benzene rings is 1. The van der Waals surface area contributed by atoms with Crippen molar-refractivity contribution < 1.29 is 9.66 Å². The van der Waals surface area contributed by atoms with E-state index >= 15 is 0 Å². The monoisotopic (exact) mass is 319 g/mol. The van der Waals surface area contributed by atoms with Crippen LogP contribution < -0.4 is 10.2 Å². The molecule has 0 spiro atoms. The number of hydrogen-bond donors (Lipinski definition) is 1. The predicted molar refractivity (Wildman–Crippen MR) is 79.0 cm³/mol. The van der Waals surface area contributed by atoms with Gasteiger partial charge in [-0.25, -0.2) is 0 Å². The summed E-state index contributed by atoms with van der Waals surface area (Å²) >= 11 is 11.8. The summed E-state index contributed by atoms with van der Waals surface area (Å²) < 4.78 is 5.59. The van der Waals surface area contributed by atoms with Gasteiger partial charge in [-0.05, 0) is 6.07 Å². The lowest BCUT2D eigenvalue weighted by atomic mass is 10.2. The van der Waals surface area contributed by atoms with Gasteiger partial charge in [0.05, 0.1) is 27.7 Å². The van der Waals surface area contributed by atoms with Gasteiger partial charge in [-0.2, -0.15) is 0 Å². The molecule has 1 fully saturated rings. The molecular weight excluding hydrogens is 305 g/mol. The first-order chi connectivity index (χ1) is 9.49. The Morgan fingerprint density at radius 1 is 1.50 bits per heavy atom. The largest absolute Gasteiger partial charge is 0.374 e. The van der Waals surface area contributed by atoms with Crippen LogP contribution in [0.1, 0.15) is 0 Å². The molecule has 0 aliphatic carbocycles. The summed E-state index contributed by atoms with van der Waals surface area (Å²) in [7, 11) is 1.77. The van der Waals surface area contributed by atoms with Crippen LogP contribution in [0.5, 0.6) is 0 Å². The molecule has 1 aromatic rings. The number of ether oxygens (including phenoxy) is 1. The molecule has 1 aliphatic heterocycles. The van der Waals surface area contributed by atoms with E-state index in [9.17, 15) is 10.1 Å². The molecule has 110 valence electrons. The number of likely N-dealkylation sites (N-methyl/N-ethyl adjacent to an activating group) is 1. The molecule has 1 aliphatic rings. The summed E-state index contributed by atoms with van der Waals surface area (Å²) in [4.78, 5) is 12.4. The molecule has 20 heavy (non-hydrogen) atoms. The fraction of sp³-hybridized carbons (Fsp3) is 0.500. The summed E-state index contributed by atoms with van der Waals surface area (Å²) in [6.07, 6.45) is -0.0113. The maximum atomic E-state index is 11.1. The molecule has 8 heteroatoms. The van der Waals surface area contributed by atoms with Gasteiger partial charge in [-0.15, -0.1) is 0 Å². The van der Waals surface area contributed by atoms with Crippen molar-refractivity contribution in [3.63, 3.8) is 0 Å². The molecule has 1 atom stereocenters. The first-order valence-corrected chi connectivity index (χ1v) is 6.91. The van der Waals surface area contributed by atoms with E-state index in [-0.39, 0.29) is 16.8 Å². The molecule has 2 rings (SSSR count). The Morgan fingerprint density at radius 2 is 2.20 bits per heavy atom. The number of nitro groups is 1. The first-order valence-electron chi connectivity index (χ1n) is 6.16. The van der Waals surface area contributed by atoms with E-state index in [2.05, 4.69) is 5.32 Å². The molecular formula is C12H15Cl2N3O3. The minimum absolute atomic E-state index is 0.0113. The Balaban J connectivity index is 2.21. The van der Waals surface area contributed by atoms with Crippen LogP contribution in [-0.4, -0.2) is 44.3 Å². The van der Waals surface area contributed by atoms with Gasteiger partial charge < -0.3 is 15.0 Å². The predicted octanol–water partition coefficient (Wildman–Crippen LogP) is 2.33. The van der Waals surface area contributed by atoms with Gasteiger partial charge in [-0.3, -0.25) is 10.1 Å². The van der Waals surface area contributed by atoms with Crippen molar-refractivity contribution in [3.05, 3.63) is 32.3 Å². The van der Waals surface area contributed by atoms with Crippen LogP contribution in [0.3, 0.4) is 0 Å². The number of nitro benzene ring substituents is 1. The van der Waals surface area contributed by atoms with Crippen LogP contribution >= 0.6 is 23.2 Å². The number of halogens is 2. The second-order valence-electron chi connectivity index (χ2n) is 4.59. The van der Waals surface area contributed by atoms with E-state index in [0.29, 0.717) is 23.9 Å². The van der Waals surface area contributed by atoms with Gasteiger partial charge in [0.15, 0.2) is 0 Å². The summed E-state index contributed by atoms with van der Waals surface area (Å²) in [5.74, 6) is 0. The van der Waals surface area contributed by atoms with E-state index in [4.69, 9.17) is 27.9 Å². The third kappa shape index (κ3) is 3.52. The van der Waals surface area contributed by atoms with Crippen molar-refractivity contribution in [2.75, 3.05) is 38.2 Å². The zero-order valence-corrected chi connectivity index (χ0v) is 12.4. The smallest absolute Gasteiger partial charge is 0.294 e. The standard InChI is InChI=1S/C12H15Cl2N3O3/c1-16(7-8-6-15-2-3-20-8)11-4-9(13)10(14)5-12(11)17(18)19/h4-5,8,15H,2-3,6-7H2,1H3. The average Bonchev–Trinajstić information content (AvgIpc) is 2.42. The second-order valence-corrected chi connectivity index (χ2v) is 5.40. The SMILES string of the molecule is CN(CC1CNCCO1)c1cc(Cl)c(Cl)cc1[N+](=O)[O-]. The zero-order chi connectivity index (χ0) is 14.7. The number of hydrogen-bond acceptors (Lipinski definition) is 5. The van der Waals surface area contributed by atoms with Gasteiger partial charge in [0.1, 0.15) is 5.69 Å². The average molecular weight is 320 g/mol. The topological polar surface area (TPSA) is 67.6 Å². The van der Waals surface area contributed by atoms with Gasteiger partial charge in [0.25, 0.3) is 5.69 Å². The molecule has 0 aromatic heterocycles. The van der Waals surface area contributed by atoms with Gasteiger partial charge in [-0.1, -0.05) is 23.2 Å². The number of anilines is 1. The summed E-state index contributed by atoms with van der Waals surface area (Å²) in [5.41, 5.74) is 0.365. The minimum Gasteiger partial charge on any atom is -0.374 e. The van der Waals surface area contributed by atoms with Crippen molar-refractivity contribution >= 4 is 34.6 Å². The number of morpholine rings is 1. The maximum Gasteiger partial charge on any atom is 0.294 e. The number of nitrogens with zero attached hydrogens (tertiary/aromatic N) is 2. The maximum absolute atomic E-state index is 11.1. The fourth-order valence-electron chi connectivity index (χ4n) is 2.12.